The smallest absolute Gasteiger partial charge is 0.308 e. The first-order valence-corrected chi connectivity index (χ1v) is 11.6. The van der Waals surface area contributed by atoms with Crippen molar-refractivity contribution in [1.29, 1.82) is 0 Å². The molecular weight excluding hydrogens is 530 g/mol. The zero-order valence-corrected chi connectivity index (χ0v) is 20.6. The predicted octanol–water partition coefficient (Wildman–Crippen LogP) is 3.54. The van der Waals surface area contributed by atoms with E-state index in [2.05, 4.69) is 26.6 Å². The highest BCUT2D eigenvalue weighted by Gasteiger charge is 2.36. The first-order valence-electron chi connectivity index (χ1n) is 10.8. The van der Waals surface area contributed by atoms with Gasteiger partial charge in [-0.25, -0.2) is 0 Å². The number of hydrogen-bond donors (Lipinski definition) is 2. The van der Waals surface area contributed by atoms with Crippen molar-refractivity contribution in [1.82, 2.24) is 10.2 Å². The minimum Gasteiger partial charge on any atom is -0.427 e. The number of amides is 4. The van der Waals surface area contributed by atoms with Crippen molar-refractivity contribution in [2.75, 3.05) is 11.9 Å². The highest BCUT2D eigenvalue weighted by molar-refractivity contribution is 9.10. The molecule has 0 unspecified atom stereocenters. The molecule has 0 saturated heterocycles. The molecule has 0 spiro atoms. The lowest BCUT2D eigenvalue weighted by Gasteiger charge is -2.14. The molecule has 9 nitrogen and oxygen atoms in total. The molecule has 10 heteroatoms. The van der Waals surface area contributed by atoms with Crippen LogP contribution in [0.4, 0.5) is 5.69 Å². The Bertz CT molecular complexity index is 1400. The van der Waals surface area contributed by atoms with Crippen LogP contribution in [0.3, 0.4) is 0 Å². The number of anilines is 1. The molecule has 0 atom stereocenters. The summed E-state index contributed by atoms with van der Waals surface area (Å²) in [6.07, 6.45) is 0. The summed E-state index contributed by atoms with van der Waals surface area (Å²) in [4.78, 5) is 62.2. The second-order valence-corrected chi connectivity index (χ2v) is 8.85. The topological polar surface area (TPSA) is 122 Å². The Kier molecular flexibility index (Phi) is 7.25. The van der Waals surface area contributed by atoms with Crippen molar-refractivity contribution < 1.29 is 28.7 Å². The first kappa shape index (κ1) is 24.8. The number of esters is 1. The van der Waals surface area contributed by atoms with Gasteiger partial charge in [-0.15, -0.1) is 0 Å². The third kappa shape index (κ3) is 5.66. The number of nitrogens with zero attached hydrogens (tertiary/aromatic N) is 1. The second-order valence-electron chi connectivity index (χ2n) is 7.94. The van der Waals surface area contributed by atoms with E-state index in [1.165, 1.54) is 13.0 Å². The van der Waals surface area contributed by atoms with Gasteiger partial charge < -0.3 is 15.4 Å². The van der Waals surface area contributed by atoms with Gasteiger partial charge in [0.25, 0.3) is 17.7 Å². The summed E-state index contributed by atoms with van der Waals surface area (Å²) in [5.41, 5.74) is 1.99. The molecular formula is C26H20BrN3O6. The van der Waals surface area contributed by atoms with Crippen molar-refractivity contribution in [3.8, 4) is 5.75 Å². The summed E-state index contributed by atoms with van der Waals surface area (Å²) in [7, 11) is 0. The lowest BCUT2D eigenvalue weighted by molar-refractivity contribution is -0.131. The summed E-state index contributed by atoms with van der Waals surface area (Å²) < 4.78 is 5.66. The molecule has 182 valence electrons. The zero-order chi connectivity index (χ0) is 25.8. The van der Waals surface area contributed by atoms with Crippen LogP contribution < -0.4 is 15.4 Å². The number of fused-ring (bicyclic) bond motifs is 1. The third-order valence-electron chi connectivity index (χ3n) is 5.26. The van der Waals surface area contributed by atoms with E-state index >= 15 is 0 Å². The molecule has 0 saturated carbocycles. The molecule has 3 aromatic carbocycles. The van der Waals surface area contributed by atoms with Crippen molar-refractivity contribution >= 4 is 51.2 Å². The maximum Gasteiger partial charge on any atom is 0.308 e. The maximum absolute atomic E-state index is 12.6. The standard InChI is InChI=1S/C26H20BrN3O6/c1-15(31)36-20-7-3-5-17(11-20)24(33)28-13-16-4-2-6-19(10-16)29-23(32)14-30-25(34)21-9-8-18(27)12-22(21)26(30)35/h2-12H,13-14H2,1H3,(H,28,33)(H,29,32). The number of carbonyl (C=O) groups is 5. The number of halogens is 1. The molecule has 36 heavy (non-hydrogen) atoms. The quantitative estimate of drug-likeness (QED) is 0.264. The summed E-state index contributed by atoms with van der Waals surface area (Å²) >= 11 is 3.28. The van der Waals surface area contributed by atoms with Gasteiger partial charge in [0.05, 0.1) is 11.1 Å². The van der Waals surface area contributed by atoms with Crippen molar-refractivity contribution in [3.05, 3.63) is 93.5 Å². The van der Waals surface area contributed by atoms with E-state index < -0.39 is 30.2 Å². The van der Waals surface area contributed by atoms with E-state index in [-0.39, 0.29) is 29.3 Å². The molecule has 1 aliphatic rings. The summed E-state index contributed by atoms with van der Waals surface area (Å²) in [6, 6.07) is 17.8. The fraction of sp³-hybridized carbons (Fsp3) is 0.115. The molecule has 0 radical (unpaired) electrons. The van der Waals surface area contributed by atoms with Gasteiger partial charge >= 0.3 is 5.97 Å². The first-order chi connectivity index (χ1) is 17.2. The minimum absolute atomic E-state index is 0.174. The van der Waals surface area contributed by atoms with Crippen LogP contribution in [-0.2, 0) is 16.1 Å². The zero-order valence-electron chi connectivity index (χ0n) is 19.0. The van der Waals surface area contributed by atoms with Crippen molar-refractivity contribution in [2.45, 2.75) is 13.5 Å². The average Bonchev–Trinajstić information content (AvgIpc) is 3.06. The van der Waals surface area contributed by atoms with Crippen LogP contribution >= 0.6 is 15.9 Å². The highest BCUT2D eigenvalue weighted by Crippen LogP contribution is 2.26. The van der Waals surface area contributed by atoms with Gasteiger partial charge in [0.1, 0.15) is 12.3 Å². The number of rotatable bonds is 7. The van der Waals surface area contributed by atoms with Gasteiger partial charge in [0, 0.05) is 29.2 Å². The molecule has 3 aromatic rings. The number of hydrogen-bond acceptors (Lipinski definition) is 6. The van der Waals surface area contributed by atoms with E-state index in [1.807, 2.05) is 0 Å². The van der Waals surface area contributed by atoms with Gasteiger partial charge in [-0.3, -0.25) is 28.9 Å². The molecule has 0 aromatic heterocycles. The Morgan fingerprint density at radius 2 is 1.67 bits per heavy atom. The number of imide groups is 1. The predicted molar refractivity (Wildman–Crippen MR) is 134 cm³/mol. The molecule has 2 N–H and O–H groups in total. The molecule has 0 aliphatic carbocycles. The lowest BCUT2D eigenvalue weighted by atomic mass is 10.1. The van der Waals surface area contributed by atoms with Gasteiger partial charge in [-0.2, -0.15) is 0 Å². The van der Waals surface area contributed by atoms with E-state index in [0.717, 1.165) is 4.90 Å². The molecule has 4 rings (SSSR count). The van der Waals surface area contributed by atoms with E-state index in [4.69, 9.17) is 4.74 Å². The van der Waals surface area contributed by atoms with Crippen molar-refractivity contribution in [3.63, 3.8) is 0 Å². The number of nitrogens with one attached hydrogen (secondary N) is 2. The number of ether oxygens (including phenoxy) is 1. The summed E-state index contributed by atoms with van der Waals surface area (Å²) in [6.45, 7) is 1.02. The Labute approximate surface area is 214 Å². The van der Waals surface area contributed by atoms with Crippen LogP contribution in [0, 0.1) is 0 Å². The van der Waals surface area contributed by atoms with Crippen LogP contribution in [0.1, 0.15) is 43.6 Å². The Hall–Kier alpha value is -4.31. The van der Waals surface area contributed by atoms with Gasteiger partial charge in [0.15, 0.2) is 0 Å². The van der Waals surface area contributed by atoms with Crippen LogP contribution in [0.2, 0.25) is 0 Å². The van der Waals surface area contributed by atoms with Gasteiger partial charge in [0.2, 0.25) is 5.91 Å². The number of carbonyl (C=O) groups excluding carboxylic acids is 5. The Morgan fingerprint density at radius 1 is 0.917 bits per heavy atom. The van der Waals surface area contributed by atoms with E-state index in [0.29, 0.717) is 21.3 Å². The van der Waals surface area contributed by atoms with E-state index in [1.54, 1.807) is 60.7 Å². The molecule has 0 bridgehead atoms. The Morgan fingerprint density at radius 3 is 2.44 bits per heavy atom. The lowest BCUT2D eigenvalue weighted by Crippen LogP contribution is -2.37. The Balaban J connectivity index is 1.35. The molecule has 1 aliphatic heterocycles. The van der Waals surface area contributed by atoms with Crippen molar-refractivity contribution in [2.24, 2.45) is 0 Å². The van der Waals surface area contributed by atoms with Gasteiger partial charge in [-0.05, 0) is 54.1 Å². The van der Waals surface area contributed by atoms with Gasteiger partial charge in [-0.1, -0.05) is 34.1 Å². The average molecular weight is 550 g/mol. The molecule has 4 amide bonds. The van der Waals surface area contributed by atoms with Crippen LogP contribution in [0.25, 0.3) is 0 Å². The SMILES string of the molecule is CC(=O)Oc1cccc(C(=O)NCc2cccc(NC(=O)CN3C(=O)c4ccc(Br)cc4C3=O)c2)c1. The van der Waals surface area contributed by atoms with Crippen LogP contribution in [0.5, 0.6) is 5.75 Å². The maximum atomic E-state index is 12.6. The number of benzene rings is 3. The van der Waals surface area contributed by atoms with Crippen LogP contribution in [0.15, 0.2) is 71.2 Å². The van der Waals surface area contributed by atoms with Crippen LogP contribution in [-0.4, -0.2) is 41.0 Å². The fourth-order valence-electron chi connectivity index (χ4n) is 3.66. The fourth-order valence-corrected chi connectivity index (χ4v) is 4.02. The largest absolute Gasteiger partial charge is 0.427 e. The normalized spacial score (nSPS) is 12.2. The monoisotopic (exact) mass is 549 g/mol. The van der Waals surface area contributed by atoms with E-state index in [9.17, 15) is 24.0 Å². The minimum atomic E-state index is -0.535. The summed E-state index contributed by atoms with van der Waals surface area (Å²) in [5, 5.41) is 5.45. The molecule has 0 fully saturated rings. The second kappa shape index (κ2) is 10.5. The third-order valence-corrected chi connectivity index (χ3v) is 5.75. The highest BCUT2D eigenvalue weighted by atomic mass is 79.9. The summed E-state index contributed by atoms with van der Waals surface area (Å²) in [5.74, 6) is -2.16. The molecule has 1 heterocycles.